The fraction of sp³-hybridized carbons (Fsp3) is 0.0667. The Morgan fingerprint density at radius 2 is 1.78 bits per heavy atom. The second-order valence-electron chi connectivity index (χ2n) is 4.55. The summed E-state index contributed by atoms with van der Waals surface area (Å²) >= 11 is 1.23. The van der Waals surface area contributed by atoms with E-state index in [1.165, 1.54) is 30.6 Å². The number of anilines is 1. The Bertz CT molecular complexity index is 891. The number of thiazole rings is 1. The second-order valence-corrected chi connectivity index (χ2v) is 7.10. The first-order valence-electron chi connectivity index (χ1n) is 6.61. The molecule has 0 bridgehead atoms. The number of pyridine rings is 1. The van der Waals surface area contributed by atoms with Crippen molar-refractivity contribution in [3.05, 3.63) is 54.2 Å². The monoisotopic (exact) mass is 347 g/mol. The van der Waals surface area contributed by atoms with E-state index in [1.807, 2.05) is 12.1 Å². The van der Waals surface area contributed by atoms with Gasteiger partial charge in [-0.25, -0.2) is 13.4 Å². The third-order valence-corrected chi connectivity index (χ3v) is 5.31. The number of methoxy groups -OCH3 is 1. The molecular formula is C15H13N3O3S2. The lowest BCUT2D eigenvalue weighted by molar-refractivity contribution is 0.414. The Morgan fingerprint density at radius 1 is 1.09 bits per heavy atom. The Balaban J connectivity index is 1.82. The van der Waals surface area contributed by atoms with Gasteiger partial charge in [0.25, 0.3) is 10.0 Å². The standard InChI is InChI=1S/C15H13N3O3S2/c1-21-12-2-4-13(5-3-12)23(19,20)18-15-17-14(10-22-15)11-6-8-16-9-7-11/h2-10H,1H3,(H,17,18). The number of hydrogen-bond acceptors (Lipinski definition) is 6. The van der Waals surface area contributed by atoms with E-state index in [0.29, 0.717) is 16.6 Å². The largest absolute Gasteiger partial charge is 0.497 e. The molecule has 2 aromatic heterocycles. The van der Waals surface area contributed by atoms with E-state index >= 15 is 0 Å². The average Bonchev–Trinajstić information content (AvgIpc) is 3.03. The van der Waals surface area contributed by atoms with Crippen molar-refractivity contribution in [3.8, 4) is 17.0 Å². The molecule has 0 saturated carbocycles. The maximum Gasteiger partial charge on any atom is 0.263 e. The van der Waals surface area contributed by atoms with Gasteiger partial charge in [-0.2, -0.15) is 0 Å². The number of sulfonamides is 1. The van der Waals surface area contributed by atoms with Crippen LogP contribution in [0.2, 0.25) is 0 Å². The molecule has 0 saturated heterocycles. The summed E-state index contributed by atoms with van der Waals surface area (Å²) in [6.07, 6.45) is 3.33. The first kappa shape index (κ1) is 15.4. The van der Waals surface area contributed by atoms with Gasteiger partial charge in [0.15, 0.2) is 5.13 Å². The number of nitrogens with zero attached hydrogens (tertiary/aromatic N) is 2. The molecule has 6 nitrogen and oxygen atoms in total. The minimum atomic E-state index is -3.68. The normalized spacial score (nSPS) is 11.2. The van der Waals surface area contributed by atoms with Gasteiger partial charge >= 0.3 is 0 Å². The number of rotatable bonds is 5. The number of ether oxygens (including phenoxy) is 1. The molecule has 1 N–H and O–H groups in total. The van der Waals surface area contributed by atoms with Crippen LogP contribution in [0.4, 0.5) is 5.13 Å². The number of nitrogens with one attached hydrogen (secondary N) is 1. The van der Waals surface area contributed by atoms with Gasteiger partial charge in [-0.1, -0.05) is 0 Å². The Hall–Kier alpha value is -2.45. The molecule has 0 aliphatic rings. The van der Waals surface area contributed by atoms with Gasteiger partial charge in [-0.3, -0.25) is 9.71 Å². The summed E-state index contributed by atoms with van der Waals surface area (Å²) in [7, 11) is -2.15. The zero-order chi connectivity index (χ0) is 16.3. The van der Waals surface area contributed by atoms with E-state index in [9.17, 15) is 8.42 Å². The summed E-state index contributed by atoms with van der Waals surface area (Å²) < 4.78 is 32.2. The molecule has 2 heterocycles. The van der Waals surface area contributed by atoms with Gasteiger partial charge in [-0.05, 0) is 36.4 Å². The molecule has 8 heteroatoms. The van der Waals surface area contributed by atoms with Crippen molar-refractivity contribution in [2.75, 3.05) is 11.8 Å². The number of hydrogen-bond donors (Lipinski definition) is 1. The summed E-state index contributed by atoms with van der Waals surface area (Å²) in [5.74, 6) is 0.596. The quantitative estimate of drug-likeness (QED) is 0.767. The van der Waals surface area contributed by atoms with Gasteiger partial charge in [0.2, 0.25) is 0 Å². The van der Waals surface area contributed by atoms with Crippen LogP contribution in [0.25, 0.3) is 11.3 Å². The van der Waals surface area contributed by atoms with Crippen molar-refractivity contribution < 1.29 is 13.2 Å². The Morgan fingerprint density at radius 3 is 2.43 bits per heavy atom. The highest BCUT2D eigenvalue weighted by Crippen LogP contribution is 2.26. The van der Waals surface area contributed by atoms with E-state index in [0.717, 1.165) is 5.56 Å². The summed E-state index contributed by atoms with van der Waals surface area (Å²) in [4.78, 5) is 8.40. The molecule has 118 valence electrons. The third-order valence-electron chi connectivity index (χ3n) is 3.07. The number of benzene rings is 1. The molecular weight excluding hydrogens is 334 g/mol. The van der Waals surface area contributed by atoms with Crippen LogP contribution in [0.15, 0.2) is 59.1 Å². The van der Waals surface area contributed by atoms with E-state index in [-0.39, 0.29) is 4.90 Å². The third kappa shape index (κ3) is 3.49. The Labute approximate surface area is 137 Å². The van der Waals surface area contributed by atoms with Gasteiger partial charge in [0.1, 0.15) is 5.75 Å². The molecule has 0 atom stereocenters. The summed E-state index contributed by atoms with van der Waals surface area (Å²) in [6.45, 7) is 0. The molecule has 0 spiro atoms. The molecule has 1 aromatic carbocycles. The SMILES string of the molecule is COc1ccc(S(=O)(=O)Nc2nc(-c3ccncc3)cs2)cc1. The highest BCUT2D eigenvalue weighted by molar-refractivity contribution is 7.93. The lowest BCUT2D eigenvalue weighted by Crippen LogP contribution is -2.12. The summed E-state index contributed by atoms with van der Waals surface area (Å²) in [5.41, 5.74) is 1.58. The van der Waals surface area contributed by atoms with Crippen molar-refractivity contribution in [1.29, 1.82) is 0 Å². The predicted octanol–water partition coefficient (Wildman–Crippen LogP) is 3.01. The van der Waals surface area contributed by atoms with Crippen LogP contribution in [0, 0.1) is 0 Å². The minimum absolute atomic E-state index is 0.152. The van der Waals surface area contributed by atoms with Crippen molar-refractivity contribution in [2.45, 2.75) is 4.90 Å². The number of aromatic nitrogens is 2. The molecule has 0 unspecified atom stereocenters. The molecule has 0 fully saturated rings. The van der Waals surface area contributed by atoms with E-state index in [4.69, 9.17) is 4.74 Å². The molecule has 23 heavy (non-hydrogen) atoms. The molecule has 0 aliphatic heterocycles. The molecule has 0 aliphatic carbocycles. The second kappa shape index (κ2) is 6.35. The zero-order valence-corrected chi connectivity index (χ0v) is 13.8. The van der Waals surface area contributed by atoms with Crippen LogP contribution in [-0.2, 0) is 10.0 Å². The summed E-state index contributed by atoms with van der Waals surface area (Å²) in [5, 5.41) is 2.11. The van der Waals surface area contributed by atoms with Crippen LogP contribution in [-0.4, -0.2) is 25.5 Å². The maximum atomic E-state index is 12.4. The highest BCUT2D eigenvalue weighted by Gasteiger charge is 2.16. The smallest absolute Gasteiger partial charge is 0.263 e. The Kier molecular flexibility index (Phi) is 4.26. The predicted molar refractivity (Wildman–Crippen MR) is 89.1 cm³/mol. The topological polar surface area (TPSA) is 81.2 Å². The fourth-order valence-electron chi connectivity index (χ4n) is 1.90. The first-order valence-corrected chi connectivity index (χ1v) is 8.97. The van der Waals surface area contributed by atoms with Crippen LogP contribution >= 0.6 is 11.3 Å². The maximum absolute atomic E-state index is 12.4. The summed E-state index contributed by atoms with van der Waals surface area (Å²) in [6, 6.07) is 9.79. The lowest BCUT2D eigenvalue weighted by atomic mass is 10.2. The molecule has 0 amide bonds. The van der Waals surface area contributed by atoms with E-state index in [1.54, 1.807) is 29.9 Å². The zero-order valence-electron chi connectivity index (χ0n) is 12.1. The van der Waals surface area contributed by atoms with Gasteiger partial charge in [0.05, 0.1) is 17.7 Å². The van der Waals surface area contributed by atoms with Gasteiger partial charge in [-0.15, -0.1) is 11.3 Å². The van der Waals surface area contributed by atoms with Crippen LogP contribution in [0.3, 0.4) is 0 Å². The molecule has 3 aromatic rings. The van der Waals surface area contributed by atoms with Crippen molar-refractivity contribution >= 4 is 26.5 Å². The van der Waals surface area contributed by atoms with E-state index in [2.05, 4.69) is 14.7 Å². The molecule has 0 radical (unpaired) electrons. The van der Waals surface area contributed by atoms with E-state index < -0.39 is 10.0 Å². The fourth-order valence-corrected chi connectivity index (χ4v) is 3.88. The van der Waals surface area contributed by atoms with Crippen molar-refractivity contribution in [1.82, 2.24) is 9.97 Å². The van der Waals surface area contributed by atoms with Crippen LogP contribution in [0.1, 0.15) is 0 Å². The average molecular weight is 347 g/mol. The van der Waals surface area contributed by atoms with Gasteiger partial charge in [0, 0.05) is 23.3 Å². The van der Waals surface area contributed by atoms with Crippen LogP contribution in [0.5, 0.6) is 5.75 Å². The lowest BCUT2D eigenvalue weighted by Gasteiger charge is -2.06. The highest BCUT2D eigenvalue weighted by atomic mass is 32.2. The molecule has 3 rings (SSSR count). The minimum Gasteiger partial charge on any atom is -0.497 e. The van der Waals surface area contributed by atoms with Crippen molar-refractivity contribution in [3.63, 3.8) is 0 Å². The van der Waals surface area contributed by atoms with Gasteiger partial charge < -0.3 is 4.74 Å². The van der Waals surface area contributed by atoms with Crippen molar-refractivity contribution in [2.24, 2.45) is 0 Å². The first-order chi connectivity index (χ1) is 11.1. The van der Waals surface area contributed by atoms with Crippen LogP contribution < -0.4 is 9.46 Å².